The van der Waals surface area contributed by atoms with Crippen LogP contribution in [0.25, 0.3) is 0 Å². The van der Waals surface area contributed by atoms with Gasteiger partial charge in [0.05, 0.1) is 0 Å². The Morgan fingerprint density at radius 1 is 1.28 bits per heavy atom. The van der Waals surface area contributed by atoms with E-state index in [1.165, 1.54) is 0 Å². The lowest BCUT2D eigenvalue weighted by molar-refractivity contribution is -0.143. The monoisotopic (exact) mass is 258 g/mol. The number of aliphatic carboxylic acids is 1. The predicted molar refractivity (Wildman–Crippen MR) is 62.0 cm³/mol. The van der Waals surface area contributed by atoms with Crippen molar-refractivity contribution in [3.63, 3.8) is 0 Å². The van der Waals surface area contributed by atoms with Crippen molar-refractivity contribution < 1.29 is 24.2 Å². The van der Waals surface area contributed by atoms with Crippen molar-refractivity contribution in [3.05, 3.63) is 0 Å². The summed E-state index contributed by atoms with van der Waals surface area (Å²) in [5.41, 5.74) is 0. The van der Waals surface area contributed by atoms with Crippen molar-refractivity contribution >= 4 is 17.9 Å². The number of hydrogen-bond acceptors (Lipinski definition) is 4. The second kappa shape index (κ2) is 6.95. The summed E-state index contributed by atoms with van der Waals surface area (Å²) >= 11 is 0. The molecule has 18 heavy (non-hydrogen) atoms. The van der Waals surface area contributed by atoms with Crippen LogP contribution in [0.15, 0.2) is 0 Å². The van der Waals surface area contributed by atoms with Crippen molar-refractivity contribution in [2.75, 3.05) is 26.3 Å². The maximum atomic E-state index is 11.6. The maximum absolute atomic E-state index is 11.6. The molecule has 3 amide bonds. The van der Waals surface area contributed by atoms with Crippen LogP contribution in [-0.2, 0) is 14.3 Å². The zero-order valence-electron chi connectivity index (χ0n) is 10.3. The summed E-state index contributed by atoms with van der Waals surface area (Å²) in [6.45, 7) is 2.41. The molecule has 1 aliphatic heterocycles. The van der Waals surface area contributed by atoms with Crippen LogP contribution in [-0.4, -0.2) is 54.2 Å². The van der Waals surface area contributed by atoms with Gasteiger partial charge in [-0.2, -0.15) is 0 Å². The number of likely N-dealkylation sites (tertiary alicyclic amines) is 1. The highest BCUT2D eigenvalue weighted by Crippen LogP contribution is 2.15. The summed E-state index contributed by atoms with van der Waals surface area (Å²) in [6, 6.07) is -0.439. The largest absolute Gasteiger partial charge is 0.480 e. The third-order valence-corrected chi connectivity index (χ3v) is 2.78. The zero-order chi connectivity index (χ0) is 13.5. The Kier molecular flexibility index (Phi) is 5.57. The molecule has 2 N–H and O–H groups in total. The first-order chi connectivity index (χ1) is 8.49. The highest BCUT2D eigenvalue weighted by molar-refractivity contribution is 5.95. The number of carboxylic acids is 1. The minimum Gasteiger partial charge on any atom is -0.480 e. The molecule has 1 aliphatic rings. The number of urea groups is 1. The molecule has 0 aromatic carbocycles. The predicted octanol–water partition coefficient (Wildman–Crippen LogP) is 0.0557. The number of nitrogens with zero attached hydrogens (tertiary/aromatic N) is 1. The molecule has 102 valence electrons. The second-order valence-electron chi connectivity index (χ2n) is 4.41. The molecule has 0 saturated carbocycles. The highest BCUT2D eigenvalue weighted by Gasteiger charge is 2.21. The van der Waals surface area contributed by atoms with Crippen LogP contribution in [0, 0.1) is 5.92 Å². The average Bonchev–Trinajstić information content (AvgIpc) is 2.29. The molecule has 0 atom stereocenters. The fraction of sp³-hybridized carbons (Fsp3) is 0.727. The molecule has 1 saturated heterocycles. The number of carbonyl (C=O) groups is 3. The van der Waals surface area contributed by atoms with E-state index >= 15 is 0 Å². The van der Waals surface area contributed by atoms with E-state index in [0.29, 0.717) is 19.0 Å². The van der Waals surface area contributed by atoms with Crippen LogP contribution in [0.1, 0.15) is 19.8 Å². The summed E-state index contributed by atoms with van der Waals surface area (Å²) in [4.78, 5) is 34.6. The first-order valence-corrected chi connectivity index (χ1v) is 5.87. The van der Waals surface area contributed by atoms with Gasteiger partial charge in [-0.3, -0.25) is 10.1 Å². The smallest absolute Gasteiger partial charge is 0.329 e. The van der Waals surface area contributed by atoms with Crippen LogP contribution in [0.3, 0.4) is 0 Å². The van der Waals surface area contributed by atoms with Crippen molar-refractivity contribution in [1.29, 1.82) is 0 Å². The Bertz CT molecular complexity index is 323. The van der Waals surface area contributed by atoms with E-state index < -0.39 is 31.1 Å². The average molecular weight is 258 g/mol. The standard InChI is InChI=1S/C11H18N2O5/c1-8-2-4-13(5-3-8)11(17)12-9(14)6-18-7-10(15)16/h8H,2-7H2,1H3,(H,15,16)(H,12,14,17). The topological polar surface area (TPSA) is 95.9 Å². The van der Waals surface area contributed by atoms with Gasteiger partial charge in [-0.05, 0) is 18.8 Å². The van der Waals surface area contributed by atoms with E-state index in [1.807, 2.05) is 0 Å². The van der Waals surface area contributed by atoms with Crippen LogP contribution in [0.2, 0.25) is 0 Å². The van der Waals surface area contributed by atoms with Gasteiger partial charge in [0.1, 0.15) is 13.2 Å². The van der Waals surface area contributed by atoms with Crippen molar-refractivity contribution in [1.82, 2.24) is 10.2 Å². The van der Waals surface area contributed by atoms with Gasteiger partial charge >= 0.3 is 12.0 Å². The second-order valence-corrected chi connectivity index (χ2v) is 4.41. The van der Waals surface area contributed by atoms with E-state index in [4.69, 9.17) is 5.11 Å². The number of piperidine rings is 1. The van der Waals surface area contributed by atoms with Crippen molar-refractivity contribution in [2.45, 2.75) is 19.8 Å². The lowest BCUT2D eigenvalue weighted by Crippen LogP contribution is -2.47. The molecule has 1 rings (SSSR count). The van der Waals surface area contributed by atoms with Crippen LogP contribution < -0.4 is 5.32 Å². The summed E-state index contributed by atoms with van der Waals surface area (Å²) < 4.78 is 4.58. The SMILES string of the molecule is CC1CCN(C(=O)NC(=O)COCC(=O)O)CC1. The highest BCUT2D eigenvalue weighted by atomic mass is 16.5. The van der Waals surface area contributed by atoms with Gasteiger partial charge in [0.2, 0.25) is 0 Å². The number of nitrogens with one attached hydrogen (secondary N) is 1. The summed E-state index contributed by atoms with van der Waals surface area (Å²) in [6.07, 6.45) is 1.86. The van der Waals surface area contributed by atoms with Gasteiger partial charge < -0.3 is 14.7 Å². The molecule has 0 aliphatic carbocycles. The van der Waals surface area contributed by atoms with E-state index in [1.54, 1.807) is 4.90 Å². The number of amides is 3. The summed E-state index contributed by atoms with van der Waals surface area (Å²) in [5, 5.41) is 10.5. The number of carboxylic acid groups (broad SMARTS) is 1. The van der Waals surface area contributed by atoms with E-state index in [9.17, 15) is 14.4 Å². The van der Waals surface area contributed by atoms with Crippen LogP contribution >= 0.6 is 0 Å². The van der Waals surface area contributed by atoms with Gasteiger partial charge in [0.25, 0.3) is 5.91 Å². The fourth-order valence-electron chi connectivity index (χ4n) is 1.68. The van der Waals surface area contributed by atoms with Gasteiger partial charge in [-0.15, -0.1) is 0 Å². The molecule has 1 heterocycles. The number of ether oxygens (including phenoxy) is 1. The normalized spacial score (nSPS) is 16.4. The number of rotatable bonds is 4. The number of hydrogen-bond donors (Lipinski definition) is 2. The molecule has 0 spiro atoms. The summed E-state index contributed by atoms with van der Waals surface area (Å²) in [5.74, 6) is -1.18. The number of imide groups is 1. The Morgan fingerprint density at radius 2 is 1.89 bits per heavy atom. The molecular weight excluding hydrogens is 240 g/mol. The lowest BCUT2D eigenvalue weighted by atomic mass is 10.00. The molecule has 7 heteroatoms. The molecule has 7 nitrogen and oxygen atoms in total. The molecule has 1 fully saturated rings. The van der Waals surface area contributed by atoms with Gasteiger partial charge in [0.15, 0.2) is 0 Å². The minimum absolute atomic E-state index is 0.428. The molecule has 0 bridgehead atoms. The first kappa shape index (κ1) is 14.4. The molecule has 0 aromatic heterocycles. The molecule has 0 radical (unpaired) electrons. The quantitative estimate of drug-likeness (QED) is 0.743. The Hall–Kier alpha value is -1.63. The Labute approximate surface area is 105 Å². The van der Waals surface area contributed by atoms with E-state index in [2.05, 4.69) is 17.0 Å². The fourth-order valence-corrected chi connectivity index (χ4v) is 1.68. The Balaban J connectivity index is 2.22. The zero-order valence-corrected chi connectivity index (χ0v) is 10.3. The van der Waals surface area contributed by atoms with Crippen LogP contribution in [0.4, 0.5) is 4.79 Å². The molecule has 0 aromatic rings. The van der Waals surface area contributed by atoms with E-state index in [-0.39, 0.29) is 0 Å². The maximum Gasteiger partial charge on any atom is 0.329 e. The van der Waals surface area contributed by atoms with Crippen molar-refractivity contribution in [2.24, 2.45) is 5.92 Å². The van der Waals surface area contributed by atoms with Crippen LogP contribution in [0.5, 0.6) is 0 Å². The Morgan fingerprint density at radius 3 is 2.44 bits per heavy atom. The van der Waals surface area contributed by atoms with Gasteiger partial charge in [-0.1, -0.05) is 6.92 Å². The van der Waals surface area contributed by atoms with Gasteiger partial charge in [0, 0.05) is 13.1 Å². The first-order valence-electron chi connectivity index (χ1n) is 5.87. The summed E-state index contributed by atoms with van der Waals surface area (Å²) in [7, 11) is 0. The van der Waals surface area contributed by atoms with E-state index in [0.717, 1.165) is 12.8 Å². The number of carbonyl (C=O) groups excluding carboxylic acids is 2. The lowest BCUT2D eigenvalue weighted by Gasteiger charge is -2.29. The van der Waals surface area contributed by atoms with Gasteiger partial charge in [-0.25, -0.2) is 9.59 Å². The third-order valence-electron chi connectivity index (χ3n) is 2.78. The molecule has 0 unspecified atom stereocenters. The molecular formula is C11H18N2O5. The van der Waals surface area contributed by atoms with Crippen molar-refractivity contribution in [3.8, 4) is 0 Å². The third kappa shape index (κ3) is 5.13. The minimum atomic E-state index is -1.15.